The summed E-state index contributed by atoms with van der Waals surface area (Å²) in [6.07, 6.45) is 0. The Bertz CT molecular complexity index is 667. The van der Waals surface area contributed by atoms with E-state index in [9.17, 15) is 5.26 Å². The third-order valence-electron chi connectivity index (χ3n) is 2.66. The van der Waals surface area contributed by atoms with Crippen molar-refractivity contribution < 1.29 is 4.74 Å². The maximum atomic E-state index is 9.20. The first-order valence-corrected chi connectivity index (χ1v) is 6.31. The Morgan fingerprint density at radius 3 is 2.90 bits per heavy atom. The normalized spacial score (nSPS) is 10.1. The predicted molar refractivity (Wildman–Crippen MR) is 76.9 cm³/mol. The van der Waals surface area contributed by atoms with Crippen LogP contribution >= 0.6 is 11.6 Å². The zero-order valence-corrected chi connectivity index (χ0v) is 11.9. The van der Waals surface area contributed by atoms with Gasteiger partial charge in [0.2, 0.25) is 0 Å². The van der Waals surface area contributed by atoms with Gasteiger partial charge in [-0.3, -0.25) is 0 Å². The second kappa shape index (κ2) is 6.33. The second-order valence-electron chi connectivity index (χ2n) is 4.16. The summed E-state index contributed by atoms with van der Waals surface area (Å²) in [4.78, 5) is 8.33. The first kappa shape index (κ1) is 14.3. The standard InChI is InChI=1S/C14H13ClN4O/c1-9-4-3-5-11(10(9)7-16)17-13-6-12(15)18-14(19-13)8-20-2/h3-6H,8H2,1-2H3,(H,17,18,19). The van der Waals surface area contributed by atoms with E-state index in [1.807, 2.05) is 25.1 Å². The number of halogens is 1. The third kappa shape index (κ3) is 3.23. The van der Waals surface area contributed by atoms with Crippen LogP contribution in [-0.2, 0) is 11.3 Å². The van der Waals surface area contributed by atoms with Gasteiger partial charge >= 0.3 is 0 Å². The number of ether oxygens (including phenoxy) is 1. The summed E-state index contributed by atoms with van der Waals surface area (Å²) < 4.78 is 4.99. The van der Waals surface area contributed by atoms with E-state index >= 15 is 0 Å². The van der Waals surface area contributed by atoms with Gasteiger partial charge in [-0.15, -0.1) is 0 Å². The van der Waals surface area contributed by atoms with E-state index < -0.39 is 0 Å². The van der Waals surface area contributed by atoms with Gasteiger partial charge in [-0.1, -0.05) is 23.7 Å². The molecule has 0 fully saturated rings. The molecule has 2 aromatic rings. The quantitative estimate of drug-likeness (QED) is 0.875. The number of rotatable bonds is 4. The molecule has 1 heterocycles. The van der Waals surface area contributed by atoms with Crippen molar-refractivity contribution in [3.63, 3.8) is 0 Å². The molecule has 5 nitrogen and oxygen atoms in total. The Morgan fingerprint density at radius 2 is 2.20 bits per heavy atom. The molecule has 0 saturated carbocycles. The molecule has 0 aliphatic heterocycles. The minimum Gasteiger partial charge on any atom is -0.377 e. The van der Waals surface area contributed by atoms with E-state index in [1.165, 1.54) is 0 Å². The molecule has 0 aliphatic carbocycles. The molecule has 6 heteroatoms. The van der Waals surface area contributed by atoms with Crippen molar-refractivity contribution in [3.05, 3.63) is 46.4 Å². The Kier molecular flexibility index (Phi) is 4.51. The highest BCUT2D eigenvalue weighted by molar-refractivity contribution is 6.29. The van der Waals surface area contributed by atoms with E-state index in [-0.39, 0.29) is 6.61 Å². The number of aryl methyl sites for hydroxylation is 1. The molecule has 0 saturated heterocycles. The molecule has 0 atom stereocenters. The van der Waals surface area contributed by atoms with Crippen LogP contribution in [0.15, 0.2) is 24.3 Å². The van der Waals surface area contributed by atoms with Crippen LogP contribution in [0.3, 0.4) is 0 Å². The molecule has 0 spiro atoms. The van der Waals surface area contributed by atoms with E-state index in [0.29, 0.717) is 28.0 Å². The van der Waals surface area contributed by atoms with Crippen LogP contribution in [0.4, 0.5) is 11.5 Å². The van der Waals surface area contributed by atoms with Crippen molar-refractivity contribution in [2.45, 2.75) is 13.5 Å². The van der Waals surface area contributed by atoms with Gasteiger partial charge in [0.15, 0.2) is 5.82 Å². The fourth-order valence-electron chi connectivity index (χ4n) is 1.78. The molecule has 102 valence electrons. The average Bonchev–Trinajstić information content (AvgIpc) is 2.38. The lowest BCUT2D eigenvalue weighted by molar-refractivity contribution is 0.178. The largest absolute Gasteiger partial charge is 0.377 e. The van der Waals surface area contributed by atoms with Crippen LogP contribution in [0, 0.1) is 18.3 Å². The molecular weight excluding hydrogens is 276 g/mol. The molecule has 20 heavy (non-hydrogen) atoms. The Hall–Kier alpha value is -2.16. The minimum atomic E-state index is 0.272. The number of anilines is 2. The lowest BCUT2D eigenvalue weighted by Crippen LogP contribution is -2.03. The molecule has 1 N–H and O–H groups in total. The summed E-state index contributed by atoms with van der Waals surface area (Å²) in [7, 11) is 1.56. The van der Waals surface area contributed by atoms with Crippen LogP contribution in [0.25, 0.3) is 0 Å². The van der Waals surface area contributed by atoms with Crippen molar-refractivity contribution in [1.82, 2.24) is 9.97 Å². The molecule has 0 aliphatic rings. The first-order chi connectivity index (χ1) is 9.63. The van der Waals surface area contributed by atoms with Crippen LogP contribution in [0.1, 0.15) is 17.0 Å². The highest BCUT2D eigenvalue weighted by Gasteiger charge is 2.08. The van der Waals surface area contributed by atoms with Crippen molar-refractivity contribution in [2.24, 2.45) is 0 Å². The zero-order valence-electron chi connectivity index (χ0n) is 11.1. The SMILES string of the molecule is COCc1nc(Cl)cc(Nc2cccc(C)c2C#N)n1. The van der Waals surface area contributed by atoms with E-state index in [2.05, 4.69) is 21.4 Å². The van der Waals surface area contributed by atoms with Crippen molar-refractivity contribution in [1.29, 1.82) is 5.26 Å². The summed E-state index contributed by atoms with van der Waals surface area (Å²) in [6.45, 7) is 2.15. The maximum Gasteiger partial charge on any atom is 0.158 e. The molecule has 0 amide bonds. The van der Waals surface area contributed by atoms with Crippen LogP contribution in [0.5, 0.6) is 0 Å². The van der Waals surface area contributed by atoms with Crippen LogP contribution in [-0.4, -0.2) is 17.1 Å². The summed E-state index contributed by atoms with van der Waals surface area (Å²) in [5.74, 6) is 1.01. The average molecular weight is 289 g/mol. The minimum absolute atomic E-state index is 0.272. The number of nitrogens with one attached hydrogen (secondary N) is 1. The number of nitriles is 1. The van der Waals surface area contributed by atoms with Crippen molar-refractivity contribution in [3.8, 4) is 6.07 Å². The Balaban J connectivity index is 2.35. The fraction of sp³-hybridized carbons (Fsp3) is 0.214. The Labute approximate surface area is 122 Å². The van der Waals surface area contributed by atoms with Crippen LogP contribution in [0.2, 0.25) is 5.15 Å². The highest BCUT2D eigenvalue weighted by Crippen LogP contribution is 2.23. The summed E-state index contributed by atoms with van der Waals surface area (Å²) >= 11 is 5.95. The van der Waals surface area contributed by atoms with E-state index in [0.717, 1.165) is 5.56 Å². The summed E-state index contributed by atoms with van der Waals surface area (Å²) in [5, 5.41) is 12.6. The third-order valence-corrected chi connectivity index (χ3v) is 2.86. The van der Waals surface area contributed by atoms with Crippen LogP contribution < -0.4 is 5.32 Å². The maximum absolute atomic E-state index is 9.20. The van der Waals surface area contributed by atoms with Gasteiger partial charge in [0.25, 0.3) is 0 Å². The van der Waals surface area contributed by atoms with Gasteiger partial charge in [-0.25, -0.2) is 9.97 Å². The number of methoxy groups -OCH3 is 1. The lowest BCUT2D eigenvalue weighted by atomic mass is 10.1. The Morgan fingerprint density at radius 1 is 1.40 bits per heavy atom. The molecule has 0 bridgehead atoms. The van der Waals surface area contributed by atoms with E-state index in [1.54, 1.807) is 13.2 Å². The van der Waals surface area contributed by atoms with Gasteiger partial charge in [0, 0.05) is 13.2 Å². The van der Waals surface area contributed by atoms with Gasteiger partial charge in [0.1, 0.15) is 23.6 Å². The molecule has 2 rings (SSSR count). The number of benzene rings is 1. The van der Waals surface area contributed by atoms with Crippen molar-refractivity contribution in [2.75, 3.05) is 12.4 Å². The van der Waals surface area contributed by atoms with Gasteiger partial charge in [-0.2, -0.15) is 5.26 Å². The monoisotopic (exact) mass is 288 g/mol. The summed E-state index contributed by atoms with van der Waals surface area (Å²) in [6, 6.07) is 9.35. The zero-order chi connectivity index (χ0) is 14.5. The predicted octanol–water partition coefficient (Wildman–Crippen LogP) is 3.20. The molecule has 0 radical (unpaired) electrons. The molecule has 0 unspecified atom stereocenters. The van der Waals surface area contributed by atoms with E-state index in [4.69, 9.17) is 16.3 Å². The lowest BCUT2D eigenvalue weighted by Gasteiger charge is -2.10. The topological polar surface area (TPSA) is 70.8 Å². The summed E-state index contributed by atoms with van der Waals surface area (Å²) in [5.41, 5.74) is 2.16. The number of hydrogen-bond acceptors (Lipinski definition) is 5. The molecule has 1 aromatic carbocycles. The number of nitrogens with zero attached hydrogens (tertiary/aromatic N) is 3. The highest BCUT2D eigenvalue weighted by atomic mass is 35.5. The molecule has 1 aromatic heterocycles. The molecular formula is C14H13ClN4O. The number of aromatic nitrogens is 2. The van der Waals surface area contributed by atoms with Gasteiger partial charge in [0.05, 0.1) is 11.3 Å². The van der Waals surface area contributed by atoms with Crippen molar-refractivity contribution >= 4 is 23.1 Å². The second-order valence-corrected chi connectivity index (χ2v) is 4.55. The van der Waals surface area contributed by atoms with Gasteiger partial charge < -0.3 is 10.1 Å². The fourth-order valence-corrected chi connectivity index (χ4v) is 1.98. The number of hydrogen-bond donors (Lipinski definition) is 1. The first-order valence-electron chi connectivity index (χ1n) is 5.93. The van der Waals surface area contributed by atoms with Gasteiger partial charge in [-0.05, 0) is 18.6 Å². The smallest absolute Gasteiger partial charge is 0.158 e.